The summed E-state index contributed by atoms with van der Waals surface area (Å²) in [6, 6.07) is 8.73. The van der Waals surface area contributed by atoms with Crippen LogP contribution < -0.4 is 9.46 Å². The second-order valence-corrected chi connectivity index (χ2v) is 6.19. The number of ether oxygens (including phenoxy) is 1. The van der Waals surface area contributed by atoms with Gasteiger partial charge in [-0.3, -0.25) is 0 Å². The Morgan fingerprint density at radius 1 is 1.50 bits per heavy atom. The zero-order valence-electron chi connectivity index (χ0n) is 9.96. The van der Waals surface area contributed by atoms with Crippen LogP contribution in [-0.4, -0.2) is 20.3 Å². The molecular weight excluding hydrogens is 252 g/mol. The number of benzene rings is 1. The number of nitriles is 1. The molecule has 0 bridgehead atoms. The SMILES string of the molecule is CC(C#N)S(=O)(=O)NC1CCOc2ccccc21. The molecule has 0 saturated heterocycles. The molecular formula is C12H14N2O3S. The molecule has 18 heavy (non-hydrogen) atoms. The van der Waals surface area contributed by atoms with Crippen molar-refractivity contribution in [3.05, 3.63) is 29.8 Å². The van der Waals surface area contributed by atoms with Crippen LogP contribution in [0.25, 0.3) is 0 Å². The first-order valence-electron chi connectivity index (χ1n) is 5.67. The van der Waals surface area contributed by atoms with Crippen LogP contribution in [0.5, 0.6) is 5.75 Å². The number of para-hydroxylation sites is 1. The average Bonchev–Trinajstić information content (AvgIpc) is 2.38. The highest BCUT2D eigenvalue weighted by molar-refractivity contribution is 7.90. The molecule has 2 rings (SSSR count). The molecule has 1 aromatic carbocycles. The first kappa shape index (κ1) is 12.9. The normalized spacial score (nSPS) is 20.3. The Hall–Kier alpha value is -1.58. The fourth-order valence-corrected chi connectivity index (χ4v) is 2.82. The largest absolute Gasteiger partial charge is 0.493 e. The van der Waals surface area contributed by atoms with E-state index in [0.29, 0.717) is 18.8 Å². The Morgan fingerprint density at radius 3 is 2.94 bits per heavy atom. The van der Waals surface area contributed by atoms with Crippen molar-refractivity contribution in [3.63, 3.8) is 0 Å². The van der Waals surface area contributed by atoms with Crippen molar-refractivity contribution in [2.45, 2.75) is 24.6 Å². The van der Waals surface area contributed by atoms with Gasteiger partial charge < -0.3 is 4.74 Å². The lowest BCUT2D eigenvalue weighted by atomic mass is 10.0. The molecule has 2 atom stereocenters. The fraction of sp³-hybridized carbons (Fsp3) is 0.417. The van der Waals surface area contributed by atoms with Crippen LogP contribution in [0.2, 0.25) is 0 Å². The van der Waals surface area contributed by atoms with E-state index < -0.39 is 15.3 Å². The molecule has 1 aromatic rings. The molecule has 0 radical (unpaired) electrons. The summed E-state index contributed by atoms with van der Waals surface area (Å²) < 4.78 is 31.8. The summed E-state index contributed by atoms with van der Waals surface area (Å²) in [5.41, 5.74) is 0.817. The second kappa shape index (κ2) is 4.96. The number of hydrogen-bond donors (Lipinski definition) is 1. The Labute approximate surface area is 106 Å². The molecule has 96 valence electrons. The molecule has 6 heteroatoms. The predicted octanol–water partition coefficient (Wildman–Crippen LogP) is 1.34. The van der Waals surface area contributed by atoms with Crippen molar-refractivity contribution in [1.82, 2.24) is 4.72 Å². The average molecular weight is 266 g/mol. The van der Waals surface area contributed by atoms with Crippen molar-refractivity contribution in [2.75, 3.05) is 6.61 Å². The molecule has 1 heterocycles. The van der Waals surface area contributed by atoms with E-state index in [1.807, 2.05) is 24.3 Å². The van der Waals surface area contributed by atoms with E-state index in [9.17, 15) is 8.42 Å². The van der Waals surface area contributed by atoms with E-state index in [1.54, 1.807) is 6.07 Å². The standard InChI is InChI=1S/C12H14N2O3S/c1-9(8-13)18(15,16)14-11-6-7-17-12-5-3-2-4-10(11)12/h2-5,9,11,14H,6-7H2,1H3. The molecule has 0 saturated carbocycles. The van der Waals surface area contributed by atoms with Crippen LogP contribution in [0.15, 0.2) is 24.3 Å². The minimum Gasteiger partial charge on any atom is -0.493 e. The zero-order chi connectivity index (χ0) is 13.2. The van der Waals surface area contributed by atoms with Crippen molar-refractivity contribution in [1.29, 1.82) is 5.26 Å². The van der Waals surface area contributed by atoms with Crippen molar-refractivity contribution < 1.29 is 13.2 Å². The van der Waals surface area contributed by atoms with E-state index in [2.05, 4.69) is 4.72 Å². The number of rotatable bonds is 3. The lowest BCUT2D eigenvalue weighted by molar-refractivity contribution is 0.263. The van der Waals surface area contributed by atoms with Crippen LogP contribution in [-0.2, 0) is 10.0 Å². The van der Waals surface area contributed by atoms with Crippen LogP contribution in [0.4, 0.5) is 0 Å². The summed E-state index contributed by atoms with van der Waals surface area (Å²) in [6.07, 6.45) is 0.564. The maximum atomic E-state index is 11.9. The zero-order valence-corrected chi connectivity index (χ0v) is 10.8. The maximum Gasteiger partial charge on any atom is 0.228 e. The van der Waals surface area contributed by atoms with Gasteiger partial charge in [0.2, 0.25) is 10.0 Å². The van der Waals surface area contributed by atoms with Gasteiger partial charge in [0.05, 0.1) is 18.7 Å². The van der Waals surface area contributed by atoms with Crippen LogP contribution in [0.3, 0.4) is 0 Å². The van der Waals surface area contributed by atoms with E-state index in [1.165, 1.54) is 6.92 Å². The number of nitrogens with one attached hydrogen (secondary N) is 1. The quantitative estimate of drug-likeness (QED) is 0.895. The summed E-state index contributed by atoms with van der Waals surface area (Å²) in [6.45, 7) is 1.83. The minimum atomic E-state index is -3.62. The molecule has 0 spiro atoms. The highest BCUT2D eigenvalue weighted by Crippen LogP contribution is 2.32. The van der Waals surface area contributed by atoms with Crippen LogP contribution in [0.1, 0.15) is 24.9 Å². The number of sulfonamides is 1. The Bertz CT molecular complexity index is 577. The highest BCUT2D eigenvalue weighted by Gasteiger charge is 2.28. The molecule has 5 nitrogen and oxygen atoms in total. The van der Waals surface area contributed by atoms with Gasteiger partial charge >= 0.3 is 0 Å². The van der Waals surface area contributed by atoms with Gasteiger partial charge in [-0.2, -0.15) is 5.26 Å². The monoisotopic (exact) mass is 266 g/mol. The highest BCUT2D eigenvalue weighted by atomic mass is 32.2. The molecule has 1 aliphatic heterocycles. The Balaban J connectivity index is 2.25. The molecule has 0 fully saturated rings. The van der Waals surface area contributed by atoms with Crippen molar-refractivity contribution >= 4 is 10.0 Å². The van der Waals surface area contributed by atoms with E-state index in [-0.39, 0.29) is 6.04 Å². The lowest BCUT2D eigenvalue weighted by Crippen LogP contribution is -2.37. The van der Waals surface area contributed by atoms with Gasteiger partial charge in [0.15, 0.2) is 5.25 Å². The summed E-state index contributed by atoms with van der Waals surface area (Å²) in [5.74, 6) is 0.695. The third-order valence-corrected chi connectivity index (χ3v) is 4.56. The minimum absolute atomic E-state index is 0.323. The molecule has 0 aliphatic carbocycles. The van der Waals surface area contributed by atoms with Crippen molar-refractivity contribution in [3.8, 4) is 11.8 Å². The summed E-state index contributed by atoms with van der Waals surface area (Å²) in [7, 11) is -3.62. The van der Waals surface area contributed by atoms with E-state index >= 15 is 0 Å². The van der Waals surface area contributed by atoms with E-state index in [0.717, 1.165) is 5.56 Å². The third-order valence-electron chi connectivity index (χ3n) is 2.91. The molecule has 1 aliphatic rings. The van der Waals surface area contributed by atoms with Gasteiger partial charge in [0, 0.05) is 12.0 Å². The maximum absolute atomic E-state index is 11.9. The number of hydrogen-bond acceptors (Lipinski definition) is 4. The van der Waals surface area contributed by atoms with Gasteiger partial charge in [-0.1, -0.05) is 18.2 Å². The topological polar surface area (TPSA) is 79.2 Å². The summed E-state index contributed by atoms with van der Waals surface area (Å²) in [4.78, 5) is 0. The smallest absolute Gasteiger partial charge is 0.228 e. The number of nitrogens with zero attached hydrogens (tertiary/aromatic N) is 1. The van der Waals surface area contributed by atoms with Crippen LogP contribution >= 0.6 is 0 Å². The second-order valence-electron chi connectivity index (χ2n) is 4.16. The predicted molar refractivity (Wildman–Crippen MR) is 66.4 cm³/mol. The first-order valence-corrected chi connectivity index (χ1v) is 7.21. The van der Waals surface area contributed by atoms with Crippen LogP contribution in [0, 0.1) is 11.3 Å². The Kier molecular flexibility index (Phi) is 3.55. The van der Waals surface area contributed by atoms with Gasteiger partial charge in [0.1, 0.15) is 5.75 Å². The van der Waals surface area contributed by atoms with Gasteiger partial charge in [-0.15, -0.1) is 0 Å². The molecule has 0 amide bonds. The van der Waals surface area contributed by atoms with Gasteiger partial charge in [0.25, 0.3) is 0 Å². The molecule has 0 aromatic heterocycles. The third kappa shape index (κ3) is 2.47. The summed E-state index contributed by atoms with van der Waals surface area (Å²) >= 11 is 0. The lowest BCUT2D eigenvalue weighted by Gasteiger charge is -2.26. The van der Waals surface area contributed by atoms with Gasteiger partial charge in [-0.05, 0) is 13.0 Å². The summed E-state index contributed by atoms with van der Waals surface area (Å²) in [5, 5.41) is 7.64. The van der Waals surface area contributed by atoms with Crippen molar-refractivity contribution in [2.24, 2.45) is 0 Å². The van der Waals surface area contributed by atoms with E-state index in [4.69, 9.17) is 10.00 Å². The molecule has 1 N–H and O–H groups in total. The molecule has 2 unspecified atom stereocenters. The Morgan fingerprint density at radius 2 is 2.22 bits per heavy atom. The number of fused-ring (bicyclic) bond motifs is 1. The fourth-order valence-electron chi connectivity index (χ4n) is 1.83. The van der Waals surface area contributed by atoms with Gasteiger partial charge in [-0.25, -0.2) is 13.1 Å². The first-order chi connectivity index (χ1) is 8.54.